The van der Waals surface area contributed by atoms with Gasteiger partial charge < -0.3 is 10.2 Å². The van der Waals surface area contributed by atoms with E-state index in [1.807, 2.05) is 56.3 Å². The molecule has 28 heavy (non-hydrogen) atoms. The van der Waals surface area contributed by atoms with Crippen molar-refractivity contribution in [1.29, 1.82) is 0 Å². The molecule has 5 heteroatoms. The summed E-state index contributed by atoms with van der Waals surface area (Å²) in [5, 5.41) is 3.92. The van der Waals surface area contributed by atoms with Crippen molar-refractivity contribution < 1.29 is 9.59 Å². The molecule has 3 aromatic rings. The van der Waals surface area contributed by atoms with Crippen LogP contribution in [0.3, 0.4) is 0 Å². The fraction of sp³-hybridized carbons (Fsp3) is 0.261. The predicted molar refractivity (Wildman–Crippen MR) is 110 cm³/mol. The minimum absolute atomic E-state index is 0.133. The van der Waals surface area contributed by atoms with E-state index >= 15 is 0 Å². The number of aromatic nitrogens is 1. The van der Waals surface area contributed by atoms with Crippen molar-refractivity contribution in [2.75, 3.05) is 11.9 Å². The van der Waals surface area contributed by atoms with Gasteiger partial charge >= 0.3 is 0 Å². The fourth-order valence-electron chi connectivity index (χ4n) is 3.88. The lowest BCUT2D eigenvalue weighted by Gasteiger charge is -2.24. The van der Waals surface area contributed by atoms with E-state index in [0.717, 1.165) is 28.6 Å². The van der Waals surface area contributed by atoms with E-state index in [2.05, 4.69) is 10.3 Å². The summed E-state index contributed by atoms with van der Waals surface area (Å²) < 4.78 is 0. The van der Waals surface area contributed by atoms with Crippen molar-refractivity contribution in [3.63, 3.8) is 0 Å². The molecule has 1 saturated heterocycles. The van der Waals surface area contributed by atoms with E-state index in [-0.39, 0.29) is 11.8 Å². The summed E-state index contributed by atoms with van der Waals surface area (Å²) in [4.78, 5) is 32.3. The first-order valence-electron chi connectivity index (χ1n) is 9.57. The first kappa shape index (κ1) is 18.2. The number of carbonyl (C=O) groups excluding carboxylic acids is 2. The molecule has 1 unspecified atom stereocenters. The maximum absolute atomic E-state index is 13.2. The van der Waals surface area contributed by atoms with Gasteiger partial charge in [-0.25, -0.2) is 0 Å². The highest BCUT2D eigenvalue weighted by Crippen LogP contribution is 2.25. The lowest BCUT2D eigenvalue weighted by Crippen LogP contribution is -2.43. The third kappa shape index (κ3) is 3.36. The van der Waals surface area contributed by atoms with E-state index < -0.39 is 6.04 Å². The van der Waals surface area contributed by atoms with Crippen molar-refractivity contribution in [3.8, 4) is 0 Å². The molecule has 4 rings (SSSR count). The Kier molecular flexibility index (Phi) is 4.82. The molecule has 0 aliphatic carbocycles. The molecule has 5 nitrogen and oxygen atoms in total. The molecule has 0 radical (unpaired) electrons. The Morgan fingerprint density at radius 1 is 1.11 bits per heavy atom. The van der Waals surface area contributed by atoms with Crippen LogP contribution < -0.4 is 5.32 Å². The highest BCUT2D eigenvalue weighted by Gasteiger charge is 2.35. The van der Waals surface area contributed by atoms with Gasteiger partial charge in [0.15, 0.2) is 0 Å². The topological polar surface area (TPSA) is 62.3 Å². The Bertz CT molecular complexity index is 1060. The maximum Gasteiger partial charge on any atom is 0.256 e. The van der Waals surface area contributed by atoms with Crippen molar-refractivity contribution in [3.05, 3.63) is 71.4 Å². The third-order valence-electron chi connectivity index (χ3n) is 5.32. The second-order valence-electron chi connectivity index (χ2n) is 7.34. The number of hydrogen-bond donors (Lipinski definition) is 1. The molecule has 1 aliphatic rings. The van der Waals surface area contributed by atoms with E-state index in [4.69, 9.17) is 0 Å². The number of pyridine rings is 1. The average molecular weight is 373 g/mol. The average Bonchev–Trinajstić information content (AvgIpc) is 3.19. The van der Waals surface area contributed by atoms with Crippen LogP contribution in [-0.2, 0) is 4.79 Å². The molecule has 1 fully saturated rings. The number of nitrogens with zero attached hydrogens (tertiary/aromatic N) is 2. The fourth-order valence-corrected chi connectivity index (χ4v) is 3.88. The number of hydrogen-bond acceptors (Lipinski definition) is 3. The van der Waals surface area contributed by atoms with Gasteiger partial charge in [-0.1, -0.05) is 35.9 Å². The van der Waals surface area contributed by atoms with Crippen molar-refractivity contribution in [1.82, 2.24) is 9.88 Å². The lowest BCUT2D eigenvalue weighted by atomic mass is 10.1. The van der Waals surface area contributed by atoms with Gasteiger partial charge in [0.25, 0.3) is 5.91 Å². The van der Waals surface area contributed by atoms with Crippen LogP contribution >= 0.6 is 0 Å². The van der Waals surface area contributed by atoms with E-state index in [1.54, 1.807) is 17.2 Å². The molecule has 0 bridgehead atoms. The molecular formula is C23H23N3O2. The molecule has 1 atom stereocenters. The predicted octanol–water partition coefficient (Wildman–Crippen LogP) is 4.09. The molecule has 2 heterocycles. The van der Waals surface area contributed by atoms with Gasteiger partial charge in [-0.3, -0.25) is 14.6 Å². The van der Waals surface area contributed by atoms with Crippen LogP contribution in [0.5, 0.6) is 0 Å². The van der Waals surface area contributed by atoms with Crippen molar-refractivity contribution >= 4 is 28.4 Å². The highest BCUT2D eigenvalue weighted by molar-refractivity contribution is 6.08. The number of fused-ring (bicyclic) bond motifs is 1. The lowest BCUT2D eigenvalue weighted by molar-refractivity contribution is -0.119. The summed E-state index contributed by atoms with van der Waals surface area (Å²) in [6.07, 6.45) is 3.17. The first-order valence-corrected chi connectivity index (χ1v) is 9.57. The first-order chi connectivity index (χ1) is 13.5. The van der Waals surface area contributed by atoms with Gasteiger partial charge in [-0.05, 0) is 50.5 Å². The van der Waals surface area contributed by atoms with Crippen LogP contribution in [0.2, 0.25) is 0 Å². The maximum atomic E-state index is 13.2. The van der Waals surface area contributed by atoms with Crippen molar-refractivity contribution in [2.24, 2.45) is 0 Å². The Hall–Kier alpha value is -3.21. The second-order valence-corrected chi connectivity index (χ2v) is 7.34. The minimum Gasteiger partial charge on any atom is -0.327 e. The largest absolute Gasteiger partial charge is 0.327 e. The smallest absolute Gasteiger partial charge is 0.256 e. The second kappa shape index (κ2) is 7.43. The zero-order valence-electron chi connectivity index (χ0n) is 16.1. The number of para-hydroxylation sites is 1. The number of likely N-dealkylation sites (tertiary alicyclic amines) is 1. The van der Waals surface area contributed by atoms with Crippen LogP contribution in [-0.4, -0.2) is 34.3 Å². The molecule has 2 amide bonds. The molecule has 1 aromatic heterocycles. The van der Waals surface area contributed by atoms with Gasteiger partial charge in [-0.2, -0.15) is 0 Å². The van der Waals surface area contributed by atoms with Gasteiger partial charge in [0, 0.05) is 23.8 Å². The third-order valence-corrected chi connectivity index (χ3v) is 5.32. The minimum atomic E-state index is -0.466. The Morgan fingerprint density at radius 3 is 2.75 bits per heavy atom. The standard InChI is InChI=1S/C23H23N3O2/c1-15-10-11-19(16(2)14-15)25-22(27)20-9-5-13-26(20)23(28)18-8-3-6-17-7-4-12-24-21(17)18/h3-4,6-8,10-12,14,20H,5,9,13H2,1-2H3,(H,25,27). The SMILES string of the molecule is Cc1ccc(NC(=O)C2CCCN2C(=O)c2cccc3cccnc23)c(C)c1. The van der Waals surface area contributed by atoms with E-state index in [9.17, 15) is 9.59 Å². The summed E-state index contributed by atoms with van der Waals surface area (Å²) in [5.74, 6) is -0.270. The zero-order valence-corrected chi connectivity index (χ0v) is 16.1. The van der Waals surface area contributed by atoms with Crippen molar-refractivity contribution in [2.45, 2.75) is 32.7 Å². The summed E-state index contributed by atoms with van der Waals surface area (Å²) in [6, 6.07) is 14.8. The normalized spacial score (nSPS) is 16.4. The number of carbonyl (C=O) groups is 2. The summed E-state index contributed by atoms with van der Waals surface area (Å²) in [5.41, 5.74) is 4.18. The molecular weight excluding hydrogens is 350 g/mol. The summed E-state index contributed by atoms with van der Waals surface area (Å²) in [6.45, 7) is 4.57. The molecule has 1 N–H and O–H groups in total. The van der Waals surface area contributed by atoms with Gasteiger partial charge in [0.05, 0.1) is 11.1 Å². The summed E-state index contributed by atoms with van der Waals surface area (Å²) in [7, 11) is 0. The number of benzene rings is 2. The van der Waals surface area contributed by atoms with Gasteiger partial charge in [-0.15, -0.1) is 0 Å². The summed E-state index contributed by atoms with van der Waals surface area (Å²) >= 11 is 0. The Balaban J connectivity index is 1.59. The van der Waals surface area contributed by atoms with Crippen LogP contribution in [0.25, 0.3) is 10.9 Å². The van der Waals surface area contributed by atoms with Crippen LogP contribution in [0.1, 0.15) is 34.3 Å². The molecule has 0 spiro atoms. The van der Waals surface area contributed by atoms with E-state index in [1.165, 1.54) is 0 Å². The van der Waals surface area contributed by atoms with Gasteiger partial charge in [0.1, 0.15) is 6.04 Å². The number of rotatable bonds is 3. The zero-order chi connectivity index (χ0) is 19.7. The molecule has 2 aromatic carbocycles. The number of anilines is 1. The molecule has 0 saturated carbocycles. The van der Waals surface area contributed by atoms with Crippen LogP contribution in [0.15, 0.2) is 54.7 Å². The number of aryl methyl sites for hydroxylation is 2. The highest BCUT2D eigenvalue weighted by atomic mass is 16.2. The number of nitrogens with one attached hydrogen (secondary N) is 1. The molecule has 142 valence electrons. The monoisotopic (exact) mass is 373 g/mol. The Labute approximate surface area is 164 Å². The Morgan fingerprint density at radius 2 is 1.93 bits per heavy atom. The molecule has 1 aliphatic heterocycles. The quantitative estimate of drug-likeness (QED) is 0.752. The van der Waals surface area contributed by atoms with Gasteiger partial charge in [0.2, 0.25) is 5.91 Å². The number of amides is 2. The van der Waals surface area contributed by atoms with Crippen LogP contribution in [0.4, 0.5) is 5.69 Å². The van der Waals surface area contributed by atoms with Crippen LogP contribution in [0, 0.1) is 13.8 Å². The van der Waals surface area contributed by atoms with E-state index in [0.29, 0.717) is 24.0 Å².